The van der Waals surface area contributed by atoms with Crippen molar-refractivity contribution in [3.8, 4) is 0 Å². The van der Waals surface area contributed by atoms with Gasteiger partial charge in [-0.2, -0.15) is 0 Å². The number of pyridine rings is 1. The Morgan fingerprint density at radius 1 is 1.30 bits per heavy atom. The molecule has 102 valence electrons. The van der Waals surface area contributed by atoms with Crippen LogP contribution in [0.25, 0.3) is 0 Å². The molecule has 0 aliphatic rings. The van der Waals surface area contributed by atoms with E-state index in [4.69, 9.17) is 0 Å². The minimum Gasteiger partial charge on any atom is -0.329 e. The van der Waals surface area contributed by atoms with Crippen LogP contribution in [0.1, 0.15) is 15.9 Å². The molecule has 1 amide bonds. The summed E-state index contributed by atoms with van der Waals surface area (Å²) in [6.07, 6.45) is 1.34. The van der Waals surface area contributed by atoms with Crippen molar-refractivity contribution in [3.05, 3.63) is 68.1 Å². The Kier molecular flexibility index (Phi) is 3.60. The molecule has 1 heterocycles. The molecule has 7 heteroatoms. The molecule has 0 unspecified atom stereocenters. The van der Waals surface area contributed by atoms with Crippen LogP contribution in [0.15, 0.2) is 41.3 Å². The second kappa shape index (κ2) is 5.35. The summed E-state index contributed by atoms with van der Waals surface area (Å²) in [4.78, 5) is 35.8. The Labute approximate surface area is 113 Å². The Morgan fingerprint density at radius 2 is 2.05 bits per heavy atom. The van der Waals surface area contributed by atoms with E-state index in [1.165, 1.54) is 24.4 Å². The van der Waals surface area contributed by atoms with Crippen molar-refractivity contribution in [1.82, 2.24) is 4.98 Å². The van der Waals surface area contributed by atoms with Crippen molar-refractivity contribution < 1.29 is 9.72 Å². The highest BCUT2D eigenvalue weighted by atomic mass is 16.6. The first-order valence-corrected chi connectivity index (χ1v) is 5.72. The van der Waals surface area contributed by atoms with E-state index in [0.717, 1.165) is 11.6 Å². The van der Waals surface area contributed by atoms with Crippen LogP contribution in [0.3, 0.4) is 0 Å². The maximum atomic E-state index is 12.0. The van der Waals surface area contributed by atoms with E-state index >= 15 is 0 Å². The molecule has 0 spiro atoms. The number of nitrogens with zero attached hydrogens (tertiary/aromatic N) is 1. The van der Waals surface area contributed by atoms with Gasteiger partial charge in [-0.25, -0.2) is 0 Å². The third-order valence-electron chi connectivity index (χ3n) is 2.63. The standard InChI is InChI=1S/C13H11N3O4/c1-8-2-3-11(16(19)20)10(6-8)15-13(18)9-4-5-14-12(17)7-9/h2-7H,1H3,(H,14,17)(H,15,18). The third-order valence-corrected chi connectivity index (χ3v) is 2.63. The van der Waals surface area contributed by atoms with Crippen molar-refractivity contribution >= 4 is 17.3 Å². The van der Waals surface area contributed by atoms with Gasteiger partial charge in [0, 0.05) is 23.9 Å². The van der Waals surface area contributed by atoms with Gasteiger partial charge in [0.1, 0.15) is 5.69 Å². The first-order valence-electron chi connectivity index (χ1n) is 5.72. The summed E-state index contributed by atoms with van der Waals surface area (Å²) in [5.74, 6) is -0.579. The summed E-state index contributed by atoms with van der Waals surface area (Å²) in [5.41, 5.74) is 0.381. The second-order valence-corrected chi connectivity index (χ2v) is 4.17. The average Bonchev–Trinajstić information content (AvgIpc) is 2.38. The molecule has 2 aromatic rings. The van der Waals surface area contributed by atoms with E-state index in [2.05, 4.69) is 10.3 Å². The zero-order valence-electron chi connectivity index (χ0n) is 10.5. The van der Waals surface area contributed by atoms with E-state index < -0.39 is 16.4 Å². The van der Waals surface area contributed by atoms with Gasteiger partial charge in [0.25, 0.3) is 11.6 Å². The zero-order valence-corrected chi connectivity index (χ0v) is 10.5. The first-order chi connectivity index (χ1) is 9.47. The number of aromatic amines is 1. The summed E-state index contributed by atoms with van der Waals surface area (Å²) in [5, 5.41) is 13.3. The van der Waals surface area contributed by atoms with Gasteiger partial charge in [0.15, 0.2) is 0 Å². The van der Waals surface area contributed by atoms with Gasteiger partial charge in [0.2, 0.25) is 5.56 Å². The summed E-state index contributed by atoms with van der Waals surface area (Å²) >= 11 is 0. The molecule has 20 heavy (non-hydrogen) atoms. The van der Waals surface area contributed by atoms with Gasteiger partial charge in [-0.15, -0.1) is 0 Å². The van der Waals surface area contributed by atoms with Crippen molar-refractivity contribution in [1.29, 1.82) is 0 Å². The van der Waals surface area contributed by atoms with Crippen molar-refractivity contribution in [3.63, 3.8) is 0 Å². The number of anilines is 1. The number of nitro benzene ring substituents is 1. The number of carbonyl (C=O) groups excluding carboxylic acids is 1. The number of aromatic nitrogens is 1. The van der Waals surface area contributed by atoms with Gasteiger partial charge in [-0.1, -0.05) is 6.07 Å². The Hall–Kier alpha value is -2.96. The highest BCUT2D eigenvalue weighted by Gasteiger charge is 2.16. The van der Waals surface area contributed by atoms with E-state index in [9.17, 15) is 19.7 Å². The lowest BCUT2D eigenvalue weighted by molar-refractivity contribution is -0.383. The summed E-state index contributed by atoms with van der Waals surface area (Å²) in [6, 6.07) is 6.95. The van der Waals surface area contributed by atoms with Crippen molar-refractivity contribution in [2.24, 2.45) is 0 Å². The summed E-state index contributed by atoms with van der Waals surface area (Å²) < 4.78 is 0. The quantitative estimate of drug-likeness (QED) is 0.657. The highest BCUT2D eigenvalue weighted by Crippen LogP contribution is 2.25. The number of nitro groups is 1. The van der Waals surface area contributed by atoms with Crippen LogP contribution in [-0.2, 0) is 0 Å². The number of benzene rings is 1. The Balaban J connectivity index is 2.34. The average molecular weight is 273 g/mol. The molecular formula is C13H11N3O4. The highest BCUT2D eigenvalue weighted by molar-refractivity contribution is 6.05. The molecular weight excluding hydrogens is 262 g/mol. The van der Waals surface area contributed by atoms with E-state index in [1.807, 2.05) is 0 Å². The van der Waals surface area contributed by atoms with Crippen LogP contribution in [0.4, 0.5) is 11.4 Å². The minimum atomic E-state index is -0.579. The molecule has 0 radical (unpaired) electrons. The third kappa shape index (κ3) is 2.89. The lowest BCUT2D eigenvalue weighted by atomic mass is 10.2. The van der Waals surface area contributed by atoms with Gasteiger partial charge in [-0.3, -0.25) is 19.7 Å². The molecule has 0 aliphatic carbocycles. The van der Waals surface area contributed by atoms with Crippen molar-refractivity contribution in [2.45, 2.75) is 6.92 Å². The SMILES string of the molecule is Cc1ccc([N+](=O)[O-])c(NC(=O)c2cc[nH]c(=O)c2)c1. The molecule has 0 fully saturated rings. The predicted octanol–water partition coefficient (Wildman–Crippen LogP) is 1.84. The lowest BCUT2D eigenvalue weighted by Gasteiger charge is -2.06. The molecule has 2 N–H and O–H groups in total. The topological polar surface area (TPSA) is 105 Å². The monoisotopic (exact) mass is 273 g/mol. The summed E-state index contributed by atoms with van der Waals surface area (Å²) in [7, 11) is 0. The maximum Gasteiger partial charge on any atom is 0.292 e. The molecule has 7 nitrogen and oxygen atoms in total. The largest absolute Gasteiger partial charge is 0.329 e. The molecule has 1 aromatic heterocycles. The van der Waals surface area contributed by atoms with Gasteiger partial charge in [-0.05, 0) is 24.6 Å². The second-order valence-electron chi connectivity index (χ2n) is 4.17. The van der Waals surface area contributed by atoms with E-state index in [1.54, 1.807) is 13.0 Å². The Morgan fingerprint density at radius 3 is 2.70 bits per heavy atom. The molecule has 0 atom stereocenters. The lowest BCUT2D eigenvalue weighted by Crippen LogP contribution is -2.16. The van der Waals surface area contributed by atoms with Crippen LogP contribution >= 0.6 is 0 Å². The van der Waals surface area contributed by atoms with Gasteiger partial charge < -0.3 is 10.3 Å². The number of H-pyrrole nitrogens is 1. The molecule has 0 bridgehead atoms. The molecule has 0 aliphatic heterocycles. The normalized spacial score (nSPS) is 10.1. The van der Waals surface area contributed by atoms with Crippen molar-refractivity contribution in [2.75, 3.05) is 5.32 Å². The fourth-order valence-corrected chi connectivity index (χ4v) is 1.69. The molecule has 0 saturated carbocycles. The molecule has 2 rings (SSSR count). The van der Waals surface area contributed by atoms with Crippen LogP contribution in [-0.4, -0.2) is 15.8 Å². The number of hydrogen-bond acceptors (Lipinski definition) is 4. The number of rotatable bonds is 3. The number of hydrogen-bond donors (Lipinski definition) is 2. The fraction of sp³-hybridized carbons (Fsp3) is 0.0769. The summed E-state index contributed by atoms with van der Waals surface area (Å²) in [6.45, 7) is 1.76. The number of carbonyl (C=O) groups is 1. The maximum absolute atomic E-state index is 12.0. The zero-order chi connectivity index (χ0) is 14.7. The van der Waals surface area contributed by atoms with Crippen LogP contribution in [0, 0.1) is 17.0 Å². The first kappa shape index (κ1) is 13.5. The smallest absolute Gasteiger partial charge is 0.292 e. The molecule has 1 aromatic carbocycles. The predicted molar refractivity (Wildman–Crippen MR) is 72.8 cm³/mol. The van der Waals surface area contributed by atoms with Crippen LogP contribution in [0.5, 0.6) is 0 Å². The minimum absolute atomic E-state index is 0.0975. The number of amides is 1. The Bertz CT molecular complexity index is 736. The van der Waals surface area contributed by atoms with Gasteiger partial charge >= 0.3 is 0 Å². The fourth-order valence-electron chi connectivity index (χ4n) is 1.69. The number of nitrogens with one attached hydrogen (secondary N) is 2. The van der Waals surface area contributed by atoms with E-state index in [0.29, 0.717) is 0 Å². The van der Waals surface area contributed by atoms with Crippen LogP contribution < -0.4 is 10.9 Å². The number of aryl methyl sites for hydroxylation is 1. The van der Waals surface area contributed by atoms with Gasteiger partial charge in [0.05, 0.1) is 4.92 Å². The van der Waals surface area contributed by atoms with Crippen LogP contribution in [0.2, 0.25) is 0 Å². The van der Waals surface area contributed by atoms with E-state index in [-0.39, 0.29) is 16.9 Å². The molecule has 0 saturated heterocycles.